The van der Waals surface area contributed by atoms with Crippen LogP contribution in [0.15, 0.2) is 9.42 Å². The van der Waals surface area contributed by atoms with Crippen LogP contribution < -0.4 is 5.32 Å². The number of aryl methyl sites for hydroxylation is 2. The Hall–Kier alpha value is -0.630. The predicted octanol–water partition coefficient (Wildman–Crippen LogP) is 0.553. The highest BCUT2D eigenvalue weighted by Crippen LogP contribution is 2.32. The van der Waals surface area contributed by atoms with Crippen molar-refractivity contribution in [3.8, 4) is 0 Å². The fourth-order valence-corrected chi connectivity index (χ4v) is 4.83. The number of halogens is 1. The van der Waals surface area contributed by atoms with E-state index in [0.29, 0.717) is 36.4 Å². The minimum absolute atomic E-state index is 0. The zero-order chi connectivity index (χ0) is 12.9. The number of fused-ring (bicyclic) bond motifs is 1. The van der Waals surface area contributed by atoms with E-state index in [4.69, 9.17) is 4.52 Å². The summed E-state index contributed by atoms with van der Waals surface area (Å²) in [5, 5.41) is 7.03. The lowest BCUT2D eigenvalue weighted by atomic mass is 10.0. The van der Waals surface area contributed by atoms with Crippen LogP contribution in [0.2, 0.25) is 0 Å². The van der Waals surface area contributed by atoms with E-state index in [1.54, 1.807) is 18.2 Å². The van der Waals surface area contributed by atoms with E-state index < -0.39 is 10.0 Å². The molecule has 108 valence electrons. The Morgan fingerprint density at radius 3 is 2.32 bits per heavy atom. The van der Waals surface area contributed by atoms with Crippen LogP contribution in [0.25, 0.3) is 0 Å². The molecule has 0 aliphatic carbocycles. The first-order valence-corrected chi connectivity index (χ1v) is 7.58. The van der Waals surface area contributed by atoms with E-state index in [9.17, 15) is 8.42 Å². The van der Waals surface area contributed by atoms with Gasteiger partial charge in [0.15, 0.2) is 5.76 Å². The molecule has 0 amide bonds. The molecule has 1 aromatic heterocycles. The van der Waals surface area contributed by atoms with E-state index >= 15 is 0 Å². The summed E-state index contributed by atoms with van der Waals surface area (Å²) < 4.78 is 31.7. The molecular formula is C11H18ClN3O3S. The highest BCUT2D eigenvalue weighted by molar-refractivity contribution is 7.89. The second-order valence-corrected chi connectivity index (χ2v) is 7.03. The highest BCUT2D eigenvalue weighted by Gasteiger charge is 2.43. The molecule has 1 aromatic rings. The maximum absolute atomic E-state index is 12.6. The first-order chi connectivity index (χ1) is 8.50. The van der Waals surface area contributed by atoms with E-state index in [0.717, 1.165) is 13.1 Å². The summed E-state index contributed by atoms with van der Waals surface area (Å²) in [5.41, 5.74) is 0.447. The minimum Gasteiger partial charge on any atom is -0.360 e. The van der Waals surface area contributed by atoms with Gasteiger partial charge in [0.2, 0.25) is 10.0 Å². The van der Waals surface area contributed by atoms with Gasteiger partial charge in [-0.15, -0.1) is 12.4 Å². The van der Waals surface area contributed by atoms with Crippen LogP contribution in [0.4, 0.5) is 0 Å². The van der Waals surface area contributed by atoms with Crippen molar-refractivity contribution in [2.75, 3.05) is 26.2 Å². The lowest BCUT2D eigenvalue weighted by Crippen LogP contribution is -2.32. The van der Waals surface area contributed by atoms with Crippen molar-refractivity contribution in [1.29, 1.82) is 0 Å². The topological polar surface area (TPSA) is 75.4 Å². The number of nitrogens with one attached hydrogen (secondary N) is 1. The van der Waals surface area contributed by atoms with E-state index in [1.165, 1.54) is 0 Å². The van der Waals surface area contributed by atoms with Gasteiger partial charge in [-0.2, -0.15) is 4.31 Å². The molecule has 2 saturated heterocycles. The zero-order valence-electron chi connectivity index (χ0n) is 10.9. The van der Waals surface area contributed by atoms with Crippen molar-refractivity contribution in [2.24, 2.45) is 11.8 Å². The molecule has 2 atom stereocenters. The van der Waals surface area contributed by atoms with Crippen LogP contribution in [0.3, 0.4) is 0 Å². The van der Waals surface area contributed by atoms with E-state index in [1.807, 2.05) is 0 Å². The average molecular weight is 308 g/mol. The van der Waals surface area contributed by atoms with Crippen LogP contribution in [0, 0.1) is 25.7 Å². The monoisotopic (exact) mass is 307 g/mol. The minimum atomic E-state index is -3.45. The van der Waals surface area contributed by atoms with Gasteiger partial charge in [0, 0.05) is 13.1 Å². The molecule has 0 bridgehead atoms. The zero-order valence-corrected chi connectivity index (χ0v) is 12.6. The third kappa shape index (κ3) is 2.29. The molecule has 0 spiro atoms. The van der Waals surface area contributed by atoms with Gasteiger partial charge in [0.1, 0.15) is 10.6 Å². The van der Waals surface area contributed by atoms with E-state index in [-0.39, 0.29) is 17.3 Å². The summed E-state index contributed by atoms with van der Waals surface area (Å²) in [6.45, 7) is 6.35. The number of hydrogen-bond donors (Lipinski definition) is 1. The number of sulfonamides is 1. The Balaban J connectivity index is 0.00000133. The molecule has 0 unspecified atom stereocenters. The van der Waals surface area contributed by atoms with Crippen LogP contribution in [-0.4, -0.2) is 44.1 Å². The summed E-state index contributed by atoms with van der Waals surface area (Å²) in [4.78, 5) is 0.246. The quantitative estimate of drug-likeness (QED) is 0.864. The molecule has 0 aromatic carbocycles. The molecule has 2 aliphatic heterocycles. The van der Waals surface area contributed by atoms with Crippen molar-refractivity contribution >= 4 is 22.4 Å². The smallest absolute Gasteiger partial charge is 0.248 e. The number of aromatic nitrogens is 1. The maximum atomic E-state index is 12.6. The Kier molecular flexibility index (Phi) is 3.92. The van der Waals surface area contributed by atoms with E-state index in [2.05, 4.69) is 10.5 Å². The third-order valence-corrected chi connectivity index (χ3v) is 6.00. The predicted molar refractivity (Wildman–Crippen MR) is 71.8 cm³/mol. The third-order valence-electron chi connectivity index (χ3n) is 3.92. The standard InChI is InChI=1S/C11H17N3O3S.ClH/c1-7-11(8(2)17-13-7)18(15,16)14-5-9-3-12-4-10(9)6-14;/h9-10,12H,3-6H2,1-2H3;1H/t9-,10+;. The SMILES string of the molecule is Cc1noc(C)c1S(=O)(=O)N1C[C@H]2CNC[C@H]2C1.Cl. The Morgan fingerprint density at radius 2 is 1.84 bits per heavy atom. The summed E-state index contributed by atoms with van der Waals surface area (Å²) >= 11 is 0. The normalized spacial score (nSPS) is 27.3. The largest absolute Gasteiger partial charge is 0.360 e. The Morgan fingerprint density at radius 1 is 1.26 bits per heavy atom. The molecule has 19 heavy (non-hydrogen) atoms. The summed E-state index contributed by atoms with van der Waals surface area (Å²) in [6, 6.07) is 0. The molecule has 3 rings (SSSR count). The van der Waals surface area contributed by atoms with Crippen LogP contribution in [0.1, 0.15) is 11.5 Å². The second-order valence-electron chi connectivity index (χ2n) is 5.15. The van der Waals surface area contributed by atoms with Gasteiger partial charge in [0.05, 0.1) is 0 Å². The summed E-state index contributed by atoms with van der Waals surface area (Å²) in [7, 11) is -3.45. The molecular weight excluding hydrogens is 290 g/mol. The van der Waals surface area contributed by atoms with Gasteiger partial charge in [-0.3, -0.25) is 0 Å². The van der Waals surface area contributed by atoms with Gasteiger partial charge in [-0.25, -0.2) is 8.42 Å². The second kappa shape index (κ2) is 5.05. The first-order valence-electron chi connectivity index (χ1n) is 6.14. The number of nitrogens with zero attached hydrogens (tertiary/aromatic N) is 2. The van der Waals surface area contributed by atoms with Gasteiger partial charge in [-0.1, -0.05) is 5.16 Å². The Bertz CT molecular complexity index is 540. The fourth-order valence-electron chi connectivity index (χ4n) is 2.98. The van der Waals surface area contributed by atoms with Crippen LogP contribution in [0.5, 0.6) is 0 Å². The van der Waals surface area contributed by atoms with Crippen molar-refractivity contribution in [2.45, 2.75) is 18.7 Å². The molecule has 2 fully saturated rings. The molecule has 0 saturated carbocycles. The first kappa shape index (κ1) is 14.8. The lowest BCUT2D eigenvalue weighted by Gasteiger charge is -2.16. The number of rotatable bonds is 2. The maximum Gasteiger partial charge on any atom is 0.248 e. The molecule has 0 radical (unpaired) electrons. The molecule has 2 aliphatic rings. The lowest BCUT2D eigenvalue weighted by molar-refractivity contribution is 0.389. The number of hydrogen-bond acceptors (Lipinski definition) is 5. The molecule has 6 nitrogen and oxygen atoms in total. The van der Waals surface area contributed by atoms with Crippen molar-refractivity contribution < 1.29 is 12.9 Å². The van der Waals surface area contributed by atoms with Gasteiger partial charge in [-0.05, 0) is 38.8 Å². The fraction of sp³-hybridized carbons (Fsp3) is 0.727. The van der Waals surface area contributed by atoms with Crippen molar-refractivity contribution in [3.63, 3.8) is 0 Å². The molecule has 1 N–H and O–H groups in total. The van der Waals surface area contributed by atoms with Crippen LogP contribution in [-0.2, 0) is 10.0 Å². The average Bonchev–Trinajstić information content (AvgIpc) is 2.91. The van der Waals surface area contributed by atoms with Gasteiger partial charge in [0.25, 0.3) is 0 Å². The van der Waals surface area contributed by atoms with Crippen molar-refractivity contribution in [1.82, 2.24) is 14.8 Å². The summed E-state index contributed by atoms with van der Waals surface area (Å²) in [6.07, 6.45) is 0. The molecule has 8 heteroatoms. The van der Waals surface area contributed by atoms with Gasteiger partial charge >= 0.3 is 0 Å². The highest BCUT2D eigenvalue weighted by atomic mass is 35.5. The summed E-state index contributed by atoms with van der Waals surface area (Å²) in [5.74, 6) is 1.27. The van der Waals surface area contributed by atoms with Gasteiger partial charge < -0.3 is 9.84 Å². The molecule has 3 heterocycles. The Labute approximate surface area is 119 Å². The van der Waals surface area contributed by atoms with Crippen LogP contribution >= 0.6 is 12.4 Å². The van der Waals surface area contributed by atoms with Crippen molar-refractivity contribution in [3.05, 3.63) is 11.5 Å².